The zero-order valence-corrected chi connectivity index (χ0v) is 13.4. The first-order valence-electron chi connectivity index (χ1n) is 7.54. The minimum Gasteiger partial charge on any atom is -0.313 e. The summed E-state index contributed by atoms with van der Waals surface area (Å²) in [5.74, 6) is 0. The molecule has 1 nitrogen and oxygen atoms in total. The van der Waals surface area contributed by atoms with Gasteiger partial charge in [-0.2, -0.15) is 0 Å². The van der Waals surface area contributed by atoms with Crippen molar-refractivity contribution in [2.75, 3.05) is 7.05 Å². The summed E-state index contributed by atoms with van der Waals surface area (Å²) in [6, 6.07) is 20.1. The van der Waals surface area contributed by atoms with E-state index >= 15 is 0 Å². The molecule has 0 spiro atoms. The van der Waals surface area contributed by atoms with Crippen LogP contribution in [0.3, 0.4) is 0 Å². The van der Waals surface area contributed by atoms with E-state index in [1.807, 2.05) is 11.3 Å². The number of aryl methyl sites for hydroxylation is 1. The molecule has 0 radical (unpaired) electrons. The summed E-state index contributed by atoms with van der Waals surface area (Å²) in [6.07, 6.45) is 2.18. The van der Waals surface area contributed by atoms with Gasteiger partial charge in [0, 0.05) is 22.2 Å². The second-order valence-corrected chi connectivity index (χ2v) is 6.59. The molecule has 1 aromatic heterocycles. The molecule has 0 bridgehead atoms. The predicted molar refractivity (Wildman–Crippen MR) is 93.1 cm³/mol. The maximum absolute atomic E-state index is 3.49. The SMILES string of the molecule is CCc1ccc(CC(NC)c2cccc3ccccc23)s1. The van der Waals surface area contributed by atoms with Crippen LogP contribution in [0, 0.1) is 0 Å². The van der Waals surface area contributed by atoms with Gasteiger partial charge in [-0.05, 0) is 41.9 Å². The molecule has 2 heteroatoms. The Morgan fingerprint density at radius 1 is 0.952 bits per heavy atom. The minimum absolute atomic E-state index is 0.361. The number of thiophene rings is 1. The Labute approximate surface area is 130 Å². The van der Waals surface area contributed by atoms with Crippen molar-refractivity contribution >= 4 is 22.1 Å². The molecule has 0 aliphatic rings. The molecule has 1 N–H and O–H groups in total. The summed E-state index contributed by atoms with van der Waals surface area (Å²) in [7, 11) is 2.06. The third-order valence-electron chi connectivity index (χ3n) is 4.02. The van der Waals surface area contributed by atoms with Crippen LogP contribution in [0.4, 0.5) is 0 Å². The Bertz CT molecular complexity index is 724. The van der Waals surface area contributed by atoms with E-state index in [1.165, 1.54) is 26.1 Å². The van der Waals surface area contributed by atoms with Crippen LogP contribution in [0.25, 0.3) is 10.8 Å². The van der Waals surface area contributed by atoms with E-state index in [2.05, 4.69) is 73.9 Å². The zero-order valence-electron chi connectivity index (χ0n) is 12.6. The van der Waals surface area contributed by atoms with Crippen molar-refractivity contribution in [3.63, 3.8) is 0 Å². The smallest absolute Gasteiger partial charge is 0.0372 e. The fraction of sp³-hybridized carbons (Fsp3) is 0.263. The summed E-state index contributed by atoms with van der Waals surface area (Å²) in [6.45, 7) is 2.22. The van der Waals surface area contributed by atoms with Crippen molar-refractivity contribution in [3.8, 4) is 0 Å². The van der Waals surface area contributed by atoms with Crippen LogP contribution in [0.15, 0.2) is 54.6 Å². The van der Waals surface area contributed by atoms with E-state index in [0.29, 0.717) is 6.04 Å². The van der Waals surface area contributed by atoms with Gasteiger partial charge in [-0.25, -0.2) is 0 Å². The monoisotopic (exact) mass is 295 g/mol. The van der Waals surface area contributed by atoms with Crippen LogP contribution >= 0.6 is 11.3 Å². The van der Waals surface area contributed by atoms with Gasteiger partial charge in [-0.15, -0.1) is 11.3 Å². The number of nitrogens with one attached hydrogen (secondary N) is 1. The summed E-state index contributed by atoms with van der Waals surface area (Å²) in [4.78, 5) is 2.93. The summed E-state index contributed by atoms with van der Waals surface area (Å²) in [5, 5.41) is 6.16. The highest BCUT2D eigenvalue weighted by Gasteiger charge is 2.14. The van der Waals surface area contributed by atoms with Gasteiger partial charge >= 0.3 is 0 Å². The van der Waals surface area contributed by atoms with Crippen molar-refractivity contribution in [3.05, 3.63) is 69.9 Å². The second kappa shape index (κ2) is 6.42. The van der Waals surface area contributed by atoms with Gasteiger partial charge in [0.25, 0.3) is 0 Å². The van der Waals surface area contributed by atoms with E-state index in [0.717, 1.165) is 12.8 Å². The van der Waals surface area contributed by atoms with Gasteiger partial charge in [0.05, 0.1) is 0 Å². The highest BCUT2D eigenvalue weighted by atomic mass is 32.1. The van der Waals surface area contributed by atoms with Gasteiger partial charge in [0.1, 0.15) is 0 Å². The second-order valence-electron chi connectivity index (χ2n) is 5.34. The Balaban J connectivity index is 1.94. The van der Waals surface area contributed by atoms with Crippen LogP contribution in [-0.2, 0) is 12.8 Å². The molecule has 1 heterocycles. The summed E-state index contributed by atoms with van der Waals surface area (Å²) >= 11 is 1.94. The minimum atomic E-state index is 0.361. The lowest BCUT2D eigenvalue weighted by Gasteiger charge is -2.18. The van der Waals surface area contributed by atoms with Gasteiger partial charge in [0.2, 0.25) is 0 Å². The molecule has 0 saturated heterocycles. The normalized spacial score (nSPS) is 12.7. The van der Waals surface area contributed by atoms with Gasteiger partial charge in [-0.1, -0.05) is 49.4 Å². The van der Waals surface area contributed by atoms with Crippen molar-refractivity contribution < 1.29 is 0 Å². The fourth-order valence-electron chi connectivity index (χ4n) is 2.85. The maximum atomic E-state index is 3.49. The molecular weight excluding hydrogens is 274 g/mol. The maximum Gasteiger partial charge on any atom is 0.0372 e. The predicted octanol–water partition coefficient (Wildman–Crippen LogP) is 4.97. The van der Waals surface area contributed by atoms with E-state index in [9.17, 15) is 0 Å². The van der Waals surface area contributed by atoms with Gasteiger partial charge in [-0.3, -0.25) is 0 Å². The Morgan fingerprint density at radius 3 is 2.48 bits per heavy atom. The van der Waals surface area contributed by atoms with E-state index < -0.39 is 0 Å². The lowest BCUT2D eigenvalue weighted by atomic mass is 9.96. The largest absolute Gasteiger partial charge is 0.313 e. The molecule has 108 valence electrons. The van der Waals surface area contributed by atoms with Crippen molar-refractivity contribution in [1.82, 2.24) is 5.32 Å². The molecule has 0 fully saturated rings. The molecule has 0 aliphatic carbocycles. The van der Waals surface area contributed by atoms with E-state index in [1.54, 1.807) is 0 Å². The Hall–Kier alpha value is -1.64. The quantitative estimate of drug-likeness (QED) is 0.701. The van der Waals surface area contributed by atoms with Crippen molar-refractivity contribution in [2.24, 2.45) is 0 Å². The van der Waals surface area contributed by atoms with Gasteiger partial charge < -0.3 is 5.32 Å². The number of hydrogen-bond acceptors (Lipinski definition) is 2. The first-order valence-corrected chi connectivity index (χ1v) is 8.36. The molecule has 21 heavy (non-hydrogen) atoms. The molecule has 3 aromatic rings. The summed E-state index contributed by atoms with van der Waals surface area (Å²) in [5.41, 5.74) is 1.39. The number of hydrogen-bond donors (Lipinski definition) is 1. The Morgan fingerprint density at radius 2 is 1.71 bits per heavy atom. The molecule has 1 atom stereocenters. The zero-order chi connectivity index (χ0) is 14.7. The summed E-state index contributed by atoms with van der Waals surface area (Å²) < 4.78 is 0. The number of benzene rings is 2. The average Bonchev–Trinajstić information content (AvgIpc) is 3.00. The van der Waals surface area contributed by atoms with Crippen molar-refractivity contribution in [2.45, 2.75) is 25.8 Å². The molecule has 3 rings (SSSR count). The average molecular weight is 295 g/mol. The lowest BCUT2D eigenvalue weighted by molar-refractivity contribution is 0.601. The topological polar surface area (TPSA) is 12.0 Å². The third kappa shape index (κ3) is 3.02. The van der Waals surface area contributed by atoms with E-state index in [4.69, 9.17) is 0 Å². The standard InChI is InChI=1S/C19H21NS/c1-3-15-11-12-16(21-15)13-19(20-2)18-10-6-8-14-7-4-5-9-17(14)18/h4-12,19-20H,3,13H2,1-2H3. The molecule has 2 aromatic carbocycles. The first-order chi connectivity index (χ1) is 10.3. The van der Waals surface area contributed by atoms with Crippen molar-refractivity contribution in [1.29, 1.82) is 0 Å². The van der Waals surface area contributed by atoms with Gasteiger partial charge in [0.15, 0.2) is 0 Å². The van der Waals surface area contributed by atoms with E-state index in [-0.39, 0.29) is 0 Å². The molecule has 1 unspecified atom stereocenters. The Kier molecular flexibility index (Phi) is 4.37. The molecular formula is C19H21NS. The molecule has 0 aliphatic heterocycles. The lowest BCUT2D eigenvalue weighted by Crippen LogP contribution is -2.18. The van der Waals surface area contributed by atoms with Crippen LogP contribution in [0.5, 0.6) is 0 Å². The highest BCUT2D eigenvalue weighted by molar-refractivity contribution is 7.11. The molecule has 0 amide bonds. The number of rotatable bonds is 5. The number of fused-ring (bicyclic) bond motifs is 1. The first kappa shape index (κ1) is 14.3. The van der Waals surface area contributed by atoms with Crippen LogP contribution < -0.4 is 5.32 Å². The number of likely N-dealkylation sites (N-methyl/N-ethyl adjacent to an activating group) is 1. The highest BCUT2D eigenvalue weighted by Crippen LogP contribution is 2.28. The van der Waals surface area contributed by atoms with Crippen LogP contribution in [0.1, 0.15) is 28.3 Å². The van der Waals surface area contributed by atoms with Crippen LogP contribution in [-0.4, -0.2) is 7.05 Å². The fourth-order valence-corrected chi connectivity index (χ4v) is 3.85. The van der Waals surface area contributed by atoms with Crippen LogP contribution in [0.2, 0.25) is 0 Å². The molecule has 0 saturated carbocycles. The third-order valence-corrected chi connectivity index (χ3v) is 5.27.